The van der Waals surface area contributed by atoms with Crippen LogP contribution in [0.1, 0.15) is 35.6 Å². The molecule has 2 aromatic rings. The molecule has 124 valence electrons. The summed E-state index contributed by atoms with van der Waals surface area (Å²) in [6, 6.07) is 0. The Kier molecular flexibility index (Phi) is 5.60. The van der Waals surface area contributed by atoms with Gasteiger partial charge < -0.3 is 14.6 Å². The number of thiazole rings is 1. The molecule has 2 heterocycles. The summed E-state index contributed by atoms with van der Waals surface area (Å²) in [6.07, 6.45) is 1.79. The van der Waals surface area contributed by atoms with Crippen LogP contribution in [-0.4, -0.2) is 28.7 Å². The Hall–Kier alpha value is -2.08. The number of ether oxygens (including phenoxy) is 1. The molecule has 2 rings (SSSR count). The van der Waals surface area contributed by atoms with E-state index in [0.717, 1.165) is 34.3 Å². The quantitative estimate of drug-likeness (QED) is 0.614. The van der Waals surface area contributed by atoms with E-state index in [1.54, 1.807) is 6.08 Å². The minimum absolute atomic E-state index is 0.288. The first kappa shape index (κ1) is 17.3. The van der Waals surface area contributed by atoms with Crippen molar-refractivity contribution in [3.63, 3.8) is 0 Å². The molecule has 0 aliphatic rings. The fourth-order valence-corrected chi connectivity index (χ4v) is 3.46. The van der Waals surface area contributed by atoms with Gasteiger partial charge in [0.1, 0.15) is 0 Å². The molecule has 0 spiro atoms. The largest absolute Gasteiger partial charge is 0.462 e. The Morgan fingerprint density at radius 3 is 2.78 bits per heavy atom. The van der Waals surface area contributed by atoms with Gasteiger partial charge in [0.2, 0.25) is 0 Å². The van der Waals surface area contributed by atoms with Crippen molar-refractivity contribution in [2.45, 2.75) is 34.2 Å². The highest BCUT2D eigenvalue weighted by Gasteiger charge is 2.26. The van der Waals surface area contributed by atoms with Crippen LogP contribution >= 0.6 is 11.3 Å². The number of nitrogens with zero attached hydrogens (tertiary/aromatic N) is 2. The van der Waals surface area contributed by atoms with Gasteiger partial charge in [-0.3, -0.25) is 0 Å². The Morgan fingerprint density at radius 2 is 2.17 bits per heavy atom. The summed E-state index contributed by atoms with van der Waals surface area (Å²) in [6.45, 7) is 13.4. The molecule has 6 heteroatoms. The van der Waals surface area contributed by atoms with Gasteiger partial charge in [-0.15, -0.1) is 17.9 Å². The zero-order chi connectivity index (χ0) is 17.0. The molecular weight excluding hydrogens is 310 g/mol. The summed E-state index contributed by atoms with van der Waals surface area (Å²) in [5.41, 5.74) is 4.25. The molecule has 0 saturated carbocycles. The van der Waals surface area contributed by atoms with Crippen molar-refractivity contribution >= 4 is 22.4 Å². The maximum atomic E-state index is 12.4. The fraction of sp³-hybridized carbons (Fsp3) is 0.412. The van der Waals surface area contributed by atoms with Crippen molar-refractivity contribution in [3.8, 4) is 11.3 Å². The van der Waals surface area contributed by atoms with E-state index in [4.69, 9.17) is 4.74 Å². The standard InChI is InChI=1S/C17H23N3O2S/c1-6-9-18-17-19-13(10-23-17)14-11(4)20(7-2)12(5)15(14)16(21)22-8-3/h6,10H,1,7-9H2,2-5H3,(H,18,19). The third kappa shape index (κ3) is 3.32. The predicted molar refractivity (Wildman–Crippen MR) is 95.3 cm³/mol. The average molecular weight is 333 g/mol. The summed E-state index contributed by atoms with van der Waals surface area (Å²) >= 11 is 1.52. The first-order valence-corrected chi connectivity index (χ1v) is 8.60. The second kappa shape index (κ2) is 7.46. The summed E-state index contributed by atoms with van der Waals surface area (Å²) in [7, 11) is 0. The maximum Gasteiger partial charge on any atom is 0.340 e. The first-order chi connectivity index (χ1) is 11.0. The Bertz CT molecular complexity index is 716. The van der Waals surface area contributed by atoms with Crippen LogP contribution in [0.3, 0.4) is 0 Å². The van der Waals surface area contributed by atoms with Crippen molar-refractivity contribution in [2.24, 2.45) is 0 Å². The number of hydrogen-bond acceptors (Lipinski definition) is 5. The zero-order valence-electron chi connectivity index (χ0n) is 14.1. The average Bonchev–Trinajstić information content (AvgIpc) is 3.07. The number of nitrogens with one attached hydrogen (secondary N) is 1. The highest BCUT2D eigenvalue weighted by atomic mass is 32.1. The summed E-state index contributed by atoms with van der Waals surface area (Å²) in [5, 5.41) is 5.96. The van der Waals surface area contributed by atoms with Crippen LogP contribution in [0.2, 0.25) is 0 Å². The number of esters is 1. The zero-order valence-corrected chi connectivity index (χ0v) is 14.9. The SMILES string of the molecule is C=CCNc1nc(-c2c(C(=O)OCC)c(C)n(CC)c2C)cs1. The monoisotopic (exact) mass is 333 g/mol. The molecule has 0 atom stereocenters. The van der Waals surface area contributed by atoms with Crippen LogP contribution in [0.25, 0.3) is 11.3 Å². The molecule has 0 bridgehead atoms. The van der Waals surface area contributed by atoms with Gasteiger partial charge in [0.05, 0.1) is 17.9 Å². The van der Waals surface area contributed by atoms with E-state index in [1.165, 1.54) is 11.3 Å². The van der Waals surface area contributed by atoms with E-state index >= 15 is 0 Å². The number of anilines is 1. The second-order valence-corrected chi connectivity index (χ2v) is 5.95. The lowest BCUT2D eigenvalue weighted by Crippen LogP contribution is -2.08. The molecule has 0 aromatic carbocycles. The van der Waals surface area contributed by atoms with E-state index in [9.17, 15) is 4.79 Å². The van der Waals surface area contributed by atoms with Gasteiger partial charge in [0, 0.05) is 35.4 Å². The van der Waals surface area contributed by atoms with Crippen molar-refractivity contribution in [2.75, 3.05) is 18.5 Å². The van der Waals surface area contributed by atoms with E-state index in [1.807, 2.05) is 26.2 Å². The van der Waals surface area contributed by atoms with Crippen LogP contribution in [-0.2, 0) is 11.3 Å². The Morgan fingerprint density at radius 1 is 1.43 bits per heavy atom. The van der Waals surface area contributed by atoms with Crippen LogP contribution in [0.5, 0.6) is 0 Å². The van der Waals surface area contributed by atoms with Crippen molar-refractivity contribution in [1.82, 2.24) is 9.55 Å². The van der Waals surface area contributed by atoms with Crippen molar-refractivity contribution in [1.29, 1.82) is 0 Å². The molecule has 0 unspecified atom stereocenters. The number of rotatable bonds is 7. The molecular formula is C17H23N3O2S. The number of aromatic nitrogens is 2. The first-order valence-electron chi connectivity index (χ1n) is 7.72. The number of carbonyl (C=O) groups is 1. The molecule has 0 saturated heterocycles. The molecule has 23 heavy (non-hydrogen) atoms. The minimum atomic E-state index is -0.288. The highest BCUT2D eigenvalue weighted by molar-refractivity contribution is 7.14. The van der Waals surface area contributed by atoms with E-state index in [-0.39, 0.29) is 5.97 Å². The van der Waals surface area contributed by atoms with Crippen LogP contribution in [0.4, 0.5) is 5.13 Å². The van der Waals surface area contributed by atoms with Crippen molar-refractivity contribution < 1.29 is 9.53 Å². The molecule has 0 fully saturated rings. The molecule has 0 aliphatic carbocycles. The van der Waals surface area contributed by atoms with E-state index in [2.05, 4.69) is 28.4 Å². The Balaban J connectivity index is 2.53. The molecule has 0 radical (unpaired) electrons. The molecule has 1 N–H and O–H groups in total. The third-order valence-electron chi connectivity index (χ3n) is 3.74. The normalized spacial score (nSPS) is 10.6. The van der Waals surface area contributed by atoms with Gasteiger partial charge >= 0.3 is 5.97 Å². The lowest BCUT2D eigenvalue weighted by molar-refractivity contribution is 0.0526. The van der Waals surface area contributed by atoms with Crippen LogP contribution in [0.15, 0.2) is 18.0 Å². The van der Waals surface area contributed by atoms with E-state index in [0.29, 0.717) is 18.7 Å². The smallest absolute Gasteiger partial charge is 0.340 e. The van der Waals surface area contributed by atoms with Crippen molar-refractivity contribution in [3.05, 3.63) is 35.0 Å². The van der Waals surface area contributed by atoms with E-state index < -0.39 is 0 Å². The van der Waals surface area contributed by atoms with Gasteiger partial charge in [0.25, 0.3) is 0 Å². The lowest BCUT2D eigenvalue weighted by atomic mass is 10.1. The van der Waals surface area contributed by atoms with Gasteiger partial charge in [-0.05, 0) is 27.7 Å². The molecule has 2 aromatic heterocycles. The van der Waals surface area contributed by atoms with Crippen LogP contribution in [0, 0.1) is 13.8 Å². The second-order valence-electron chi connectivity index (χ2n) is 5.09. The summed E-state index contributed by atoms with van der Waals surface area (Å²) in [5.74, 6) is -0.288. The number of carbonyl (C=O) groups excluding carboxylic acids is 1. The maximum absolute atomic E-state index is 12.4. The number of hydrogen-bond donors (Lipinski definition) is 1. The van der Waals surface area contributed by atoms with Gasteiger partial charge in [0.15, 0.2) is 5.13 Å². The highest BCUT2D eigenvalue weighted by Crippen LogP contribution is 2.34. The summed E-state index contributed by atoms with van der Waals surface area (Å²) < 4.78 is 7.37. The van der Waals surface area contributed by atoms with Gasteiger partial charge in [-0.2, -0.15) is 0 Å². The van der Waals surface area contributed by atoms with Crippen LogP contribution < -0.4 is 5.32 Å². The molecule has 0 aliphatic heterocycles. The van der Waals surface area contributed by atoms with Gasteiger partial charge in [-0.1, -0.05) is 6.08 Å². The predicted octanol–water partition coefficient (Wildman–Crippen LogP) is 4.02. The topological polar surface area (TPSA) is 56.1 Å². The molecule has 0 amide bonds. The third-order valence-corrected chi connectivity index (χ3v) is 4.54. The Labute approximate surface area is 141 Å². The lowest BCUT2D eigenvalue weighted by Gasteiger charge is -2.05. The molecule has 5 nitrogen and oxygen atoms in total. The van der Waals surface area contributed by atoms with Gasteiger partial charge in [-0.25, -0.2) is 9.78 Å². The minimum Gasteiger partial charge on any atom is -0.462 e. The fourth-order valence-electron chi connectivity index (χ4n) is 2.75. The summed E-state index contributed by atoms with van der Waals surface area (Å²) in [4.78, 5) is 17.0.